The van der Waals surface area contributed by atoms with Crippen molar-refractivity contribution in [2.75, 3.05) is 12.4 Å². The number of para-hydroxylation sites is 4. The van der Waals surface area contributed by atoms with E-state index in [0.717, 1.165) is 23.3 Å². The zero-order chi connectivity index (χ0) is 23.4. The first-order chi connectivity index (χ1) is 16.0. The number of ether oxygens (including phenoxy) is 1. The summed E-state index contributed by atoms with van der Waals surface area (Å²) in [5.41, 5.74) is 5.02. The summed E-state index contributed by atoms with van der Waals surface area (Å²) in [5, 5.41) is 2.98. The molecule has 3 aromatic carbocycles. The molecular formula is C28H31N3O2. The number of hydrogen-bond acceptors (Lipinski definition) is 3. The number of nitrogens with one attached hydrogen (secondary N) is 1. The number of aromatic nitrogens is 2. The Kier molecular flexibility index (Phi) is 6.78. The molecule has 1 unspecified atom stereocenters. The lowest BCUT2D eigenvalue weighted by Gasteiger charge is -2.16. The summed E-state index contributed by atoms with van der Waals surface area (Å²) < 4.78 is 7.39. The maximum atomic E-state index is 13.0. The van der Waals surface area contributed by atoms with Crippen LogP contribution < -0.4 is 10.1 Å². The van der Waals surface area contributed by atoms with Crippen LogP contribution in [0.15, 0.2) is 72.8 Å². The Morgan fingerprint density at radius 3 is 2.39 bits per heavy atom. The van der Waals surface area contributed by atoms with Gasteiger partial charge in [0.1, 0.15) is 18.1 Å². The first-order valence-electron chi connectivity index (χ1n) is 11.4. The minimum atomic E-state index is -0.122. The number of fused-ring (bicyclic) bond motifs is 1. The largest absolute Gasteiger partial charge is 0.495 e. The third kappa shape index (κ3) is 5.08. The number of anilines is 1. The van der Waals surface area contributed by atoms with Crippen molar-refractivity contribution in [3.8, 4) is 5.75 Å². The topological polar surface area (TPSA) is 56.1 Å². The van der Waals surface area contributed by atoms with Crippen molar-refractivity contribution in [3.05, 3.63) is 89.7 Å². The van der Waals surface area contributed by atoms with E-state index in [1.54, 1.807) is 7.11 Å². The van der Waals surface area contributed by atoms with Crippen LogP contribution in [0.1, 0.15) is 43.6 Å². The van der Waals surface area contributed by atoms with Gasteiger partial charge in [0.2, 0.25) is 5.91 Å². The third-order valence-corrected chi connectivity index (χ3v) is 5.88. The Bertz CT molecular complexity index is 1240. The second-order valence-corrected chi connectivity index (χ2v) is 8.85. The Labute approximate surface area is 195 Å². The van der Waals surface area contributed by atoms with Crippen molar-refractivity contribution >= 4 is 22.6 Å². The van der Waals surface area contributed by atoms with Crippen molar-refractivity contribution < 1.29 is 9.53 Å². The number of hydrogen-bond donors (Lipinski definition) is 1. The number of nitrogens with zero attached hydrogens (tertiary/aromatic N) is 2. The minimum absolute atomic E-state index is 0.0459. The molecule has 0 saturated heterocycles. The highest BCUT2D eigenvalue weighted by Crippen LogP contribution is 2.29. The predicted molar refractivity (Wildman–Crippen MR) is 134 cm³/mol. The summed E-state index contributed by atoms with van der Waals surface area (Å²) in [7, 11) is 1.60. The molecule has 0 spiro atoms. The van der Waals surface area contributed by atoms with Crippen LogP contribution in [0.2, 0.25) is 0 Å². The molecule has 0 bridgehead atoms. The Morgan fingerprint density at radius 2 is 1.67 bits per heavy atom. The fraction of sp³-hybridized carbons (Fsp3) is 0.286. The quantitative estimate of drug-likeness (QED) is 0.363. The molecule has 4 aromatic rings. The highest BCUT2D eigenvalue weighted by Gasteiger charge is 2.20. The van der Waals surface area contributed by atoms with Crippen LogP contribution in [0.3, 0.4) is 0 Å². The first-order valence-corrected chi connectivity index (χ1v) is 11.4. The fourth-order valence-corrected chi connectivity index (χ4v) is 4.23. The Morgan fingerprint density at radius 1 is 0.970 bits per heavy atom. The standard InChI is InChI=1S/C28H31N3O2/c1-19(2)17-21-13-15-22(16-14-21)20(3)28-30-23-9-5-7-11-25(23)31(28)18-27(32)29-24-10-6-8-12-26(24)33-4/h5-16,19-20H,17-18H2,1-4H3,(H,29,32). The van der Waals surface area contributed by atoms with Crippen molar-refractivity contribution in [1.82, 2.24) is 9.55 Å². The van der Waals surface area contributed by atoms with Gasteiger partial charge in [-0.3, -0.25) is 4.79 Å². The summed E-state index contributed by atoms with van der Waals surface area (Å²) in [6, 6.07) is 24.2. The average Bonchev–Trinajstić information content (AvgIpc) is 3.17. The number of benzene rings is 3. The molecule has 1 atom stereocenters. The first kappa shape index (κ1) is 22.6. The molecule has 1 N–H and O–H groups in total. The van der Waals surface area contributed by atoms with E-state index in [-0.39, 0.29) is 18.4 Å². The molecule has 170 valence electrons. The molecule has 0 aliphatic carbocycles. The van der Waals surface area contributed by atoms with Crippen molar-refractivity contribution in [3.63, 3.8) is 0 Å². The number of rotatable bonds is 8. The maximum absolute atomic E-state index is 13.0. The van der Waals surface area contributed by atoms with E-state index in [2.05, 4.69) is 50.4 Å². The molecule has 0 aliphatic heterocycles. The highest BCUT2D eigenvalue weighted by molar-refractivity contribution is 5.93. The number of carbonyl (C=O) groups is 1. The molecule has 0 aliphatic rings. The highest BCUT2D eigenvalue weighted by atomic mass is 16.5. The normalized spacial score (nSPS) is 12.2. The third-order valence-electron chi connectivity index (χ3n) is 5.88. The zero-order valence-electron chi connectivity index (χ0n) is 19.7. The molecule has 1 amide bonds. The Hall–Kier alpha value is -3.60. The lowest BCUT2D eigenvalue weighted by atomic mass is 9.96. The van der Waals surface area contributed by atoms with Crippen molar-refractivity contribution in [2.24, 2.45) is 5.92 Å². The summed E-state index contributed by atoms with van der Waals surface area (Å²) in [4.78, 5) is 17.9. The van der Waals surface area contributed by atoms with E-state index < -0.39 is 0 Å². The number of carbonyl (C=O) groups excluding carboxylic acids is 1. The van der Waals surface area contributed by atoms with E-state index in [1.165, 1.54) is 11.1 Å². The van der Waals surface area contributed by atoms with Gasteiger partial charge in [-0.25, -0.2) is 4.98 Å². The summed E-state index contributed by atoms with van der Waals surface area (Å²) >= 11 is 0. The van der Waals surface area contributed by atoms with E-state index in [1.807, 2.05) is 53.1 Å². The van der Waals surface area contributed by atoms with Crippen LogP contribution in [-0.4, -0.2) is 22.6 Å². The van der Waals surface area contributed by atoms with Crippen LogP contribution in [0.4, 0.5) is 5.69 Å². The predicted octanol–water partition coefficient (Wildman–Crippen LogP) is 6.03. The summed E-state index contributed by atoms with van der Waals surface area (Å²) in [5.74, 6) is 2.06. The van der Waals surface area contributed by atoms with Gasteiger partial charge in [-0.1, -0.05) is 69.3 Å². The zero-order valence-corrected chi connectivity index (χ0v) is 19.7. The molecule has 4 rings (SSSR count). The maximum Gasteiger partial charge on any atom is 0.244 e. The Balaban J connectivity index is 1.63. The molecule has 5 nitrogen and oxygen atoms in total. The number of imidazole rings is 1. The van der Waals surface area contributed by atoms with Crippen LogP contribution in [0, 0.1) is 5.92 Å². The van der Waals surface area contributed by atoms with Gasteiger partial charge in [0, 0.05) is 5.92 Å². The number of amides is 1. The molecule has 1 heterocycles. The van der Waals surface area contributed by atoms with E-state index in [0.29, 0.717) is 17.4 Å². The monoisotopic (exact) mass is 441 g/mol. The van der Waals surface area contributed by atoms with Crippen molar-refractivity contribution in [1.29, 1.82) is 0 Å². The second kappa shape index (κ2) is 9.90. The van der Waals surface area contributed by atoms with Gasteiger partial charge in [0.15, 0.2) is 0 Å². The summed E-state index contributed by atoms with van der Waals surface area (Å²) in [6.07, 6.45) is 1.07. The second-order valence-electron chi connectivity index (χ2n) is 8.85. The molecule has 0 saturated carbocycles. The molecule has 1 aromatic heterocycles. The summed E-state index contributed by atoms with van der Waals surface area (Å²) in [6.45, 7) is 6.78. The molecule has 33 heavy (non-hydrogen) atoms. The fourth-order valence-electron chi connectivity index (χ4n) is 4.23. The van der Waals surface area contributed by atoms with Gasteiger partial charge < -0.3 is 14.6 Å². The molecule has 5 heteroatoms. The van der Waals surface area contributed by atoms with Gasteiger partial charge in [0.25, 0.3) is 0 Å². The van der Waals surface area contributed by atoms with E-state index in [4.69, 9.17) is 9.72 Å². The minimum Gasteiger partial charge on any atom is -0.495 e. The lowest BCUT2D eigenvalue weighted by Crippen LogP contribution is -2.21. The van der Waals surface area contributed by atoms with E-state index in [9.17, 15) is 4.79 Å². The lowest BCUT2D eigenvalue weighted by molar-refractivity contribution is -0.116. The molecular weight excluding hydrogens is 410 g/mol. The van der Waals surface area contributed by atoms with Gasteiger partial charge in [-0.05, 0) is 47.7 Å². The average molecular weight is 442 g/mol. The van der Waals surface area contributed by atoms with Gasteiger partial charge in [-0.15, -0.1) is 0 Å². The molecule has 0 fully saturated rings. The van der Waals surface area contributed by atoms with Crippen LogP contribution in [-0.2, 0) is 17.8 Å². The number of methoxy groups -OCH3 is 1. The van der Waals surface area contributed by atoms with Gasteiger partial charge in [0.05, 0.1) is 23.8 Å². The molecule has 0 radical (unpaired) electrons. The van der Waals surface area contributed by atoms with Gasteiger partial charge >= 0.3 is 0 Å². The van der Waals surface area contributed by atoms with Crippen molar-refractivity contribution in [2.45, 2.75) is 39.7 Å². The van der Waals surface area contributed by atoms with Crippen LogP contribution >= 0.6 is 0 Å². The smallest absolute Gasteiger partial charge is 0.244 e. The SMILES string of the molecule is COc1ccccc1NC(=O)Cn1c(C(C)c2ccc(CC(C)C)cc2)nc2ccccc21. The van der Waals surface area contributed by atoms with Crippen LogP contribution in [0.25, 0.3) is 11.0 Å². The van der Waals surface area contributed by atoms with Gasteiger partial charge in [-0.2, -0.15) is 0 Å². The van der Waals surface area contributed by atoms with Crippen LogP contribution in [0.5, 0.6) is 5.75 Å². The van der Waals surface area contributed by atoms with E-state index >= 15 is 0 Å².